The van der Waals surface area contributed by atoms with Crippen LogP contribution in [0.4, 0.5) is 0 Å². The molecule has 0 saturated carbocycles. The van der Waals surface area contributed by atoms with Crippen LogP contribution in [0.25, 0.3) is 0 Å². The van der Waals surface area contributed by atoms with E-state index in [1.807, 2.05) is 5.38 Å². The maximum absolute atomic E-state index is 10.6. The van der Waals surface area contributed by atoms with Crippen LogP contribution in [0.1, 0.15) is 16.1 Å². The minimum atomic E-state index is -1.21. The van der Waals surface area contributed by atoms with Crippen LogP contribution in [0.5, 0.6) is 5.75 Å². The first-order valence-corrected chi connectivity index (χ1v) is 5.51. The number of carbonyl (C=O) groups excluding carboxylic acids is 1. The number of rotatable bonds is 4. The van der Waals surface area contributed by atoms with Crippen molar-refractivity contribution in [3.8, 4) is 5.75 Å². The average Bonchev–Trinajstić information content (AvgIpc) is 2.79. The van der Waals surface area contributed by atoms with Crippen LogP contribution in [0, 0.1) is 0 Å². The van der Waals surface area contributed by atoms with Gasteiger partial charge in [0.25, 0.3) is 0 Å². The molecule has 82 valence electrons. The Balaban J connectivity index is 2.04. The van der Waals surface area contributed by atoms with Gasteiger partial charge in [0.05, 0.1) is 17.2 Å². The van der Waals surface area contributed by atoms with E-state index in [1.165, 1.54) is 23.5 Å². The average molecular weight is 234 g/mol. The minimum Gasteiger partial charge on any atom is -0.545 e. The van der Waals surface area contributed by atoms with E-state index in [1.54, 1.807) is 17.6 Å². The molecule has 0 unspecified atom stereocenters. The molecule has 0 aliphatic rings. The molecule has 5 heteroatoms. The lowest BCUT2D eigenvalue weighted by molar-refractivity contribution is -0.255. The van der Waals surface area contributed by atoms with E-state index in [2.05, 4.69) is 4.98 Å². The predicted octanol–water partition coefficient (Wildman–Crippen LogP) is 1.09. The van der Waals surface area contributed by atoms with Gasteiger partial charge in [-0.25, -0.2) is 4.98 Å². The summed E-state index contributed by atoms with van der Waals surface area (Å²) in [6.07, 6.45) is 0. The van der Waals surface area contributed by atoms with Crippen LogP contribution in [-0.2, 0) is 6.61 Å². The lowest BCUT2D eigenvalue weighted by atomic mass is 10.2. The maximum atomic E-state index is 10.6. The molecule has 4 nitrogen and oxygen atoms in total. The van der Waals surface area contributed by atoms with Crippen molar-refractivity contribution >= 4 is 17.3 Å². The van der Waals surface area contributed by atoms with Gasteiger partial charge in [-0.05, 0) is 12.1 Å². The molecule has 0 radical (unpaired) electrons. The number of aromatic nitrogens is 1. The smallest absolute Gasteiger partial charge is 0.131 e. The number of carboxylic acids is 1. The number of carbonyl (C=O) groups is 1. The van der Waals surface area contributed by atoms with Crippen molar-refractivity contribution in [2.24, 2.45) is 0 Å². The summed E-state index contributed by atoms with van der Waals surface area (Å²) >= 11 is 1.49. The number of hydrogen-bond donors (Lipinski definition) is 0. The Bertz CT molecular complexity index is 482. The van der Waals surface area contributed by atoms with Crippen molar-refractivity contribution < 1.29 is 14.6 Å². The number of carboxylic acid groups (broad SMARTS) is 1. The third-order valence-electron chi connectivity index (χ3n) is 1.94. The van der Waals surface area contributed by atoms with Crippen LogP contribution in [0.15, 0.2) is 35.2 Å². The summed E-state index contributed by atoms with van der Waals surface area (Å²) in [6.45, 7) is 0.333. The molecule has 0 amide bonds. The molecule has 1 aromatic carbocycles. The Morgan fingerprint density at radius 1 is 1.50 bits per heavy atom. The standard InChI is InChI=1S/C11H9NO3S/c13-11(14)8-2-1-3-10(4-8)15-5-9-6-16-7-12-9/h1-4,6-7H,5H2,(H,13,14)/p-1. The SMILES string of the molecule is O=C([O-])c1cccc(OCc2cscn2)c1. The lowest BCUT2D eigenvalue weighted by Crippen LogP contribution is -2.22. The first-order valence-electron chi connectivity index (χ1n) is 4.57. The fourth-order valence-corrected chi connectivity index (χ4v) is 1.72. The second-order valence-electron chi connectivity index (χ2n) is 3.08. The van der Waals surface area contributed by atoms with Crippen LogP contribution in [0.2, 0.25) is 0 Å². The second kappa shape index (κ2) is 4.76. The van der Waals surface area contributed by atoms with E-state index in [9.17, 15) is 9.90 Å². The van der Waals surface area contributed by atoms with E-state index in [0.717, 1.165) is 5.69 Å². The van der Waals surface area contributed by atoms with E-state index in [4.69, 9.17) is 4.74 Å². The van der Waals surface area contributed by atoms with Crippen LogP contribution in [0.3, 0.4) is 0 Å². The minimum absolute atomic E-state index is 0.107. The van der Waals surface area contributed by atoms with Gasteiger partial charge in [-0.2, -0.15) is 0 Å². The number of aromatic carboxylic acids is 1. The highest BCUT2D eigenvalue weighted by atomic mass is 32.1. The molecule has 2 aromatic rings. The molecular formula is C11H8NO3S-. The third-order valence-corrected chi connectivity index (χ3v) is 2.58. The summed E-state index contributed by atoms with van der Waals surface area (Å²) in [5.41, 5.74) is 2.65. The first kappa shape index (κ1) is 10.6. The quantitative estimate of drug-likeness (QED) is 0.794. The lowest BCUT2D eigenvalue weighted by Gasteiger charge is -2.07. The zero-order valence-corrected chi connectivity index (χ0v) is 9.07. The Labute approximate surface area is 96.1 Å². The fourth-order valence-electron chi connectivity index (χ4n) is 1.18. The zero-order chi connectivity index (χ0) is 11.4. The first-order chi connectivity index (χ1) is 7.75. The highest BCUT2D eigenvalue weighted by Crippen LogP contribution is 2.14. The van der Waals surface area contributed by atoms with E-state index >= 15 is 0 Å². The monoisotopic (exact) mass is 234 g/mol. The van der Waals surface area contributed by atoms with Crippen molar-refractivity contribution in [2.75, 3.05) is 0 Å². The molecule has 2 rings (SSSR count). The van der Waals surface area contributed by atoms with Crippen molar-refractivity contribution in [3.05, 3.63) is 46.4 Å². The number of thiazole rings is 1. The van der Waals surface area contributed by atoms with Gasteiger partial charge < -0.3 is 14.6 Å². The highest BCUT2D eigenvalue weighted by molar-refractivity contribution is 7.07. The van der Waals surface area contributed by atoms with E-state index < -0.39 is 5.97 Å². The molecular weight excluding hydrogens is 226 g/mol. The van der Waals surface area contributed by atoms with Crippen molar-refractivity contribution in [1.29, 1.82) is 0 Å². The van der Waals surface area contributed by atoms with Gasteiger partial charge >= 0.3 is 0 Å². The molecule has 1 heterocycles. The largest absolute Gasteiger partial charge is 0.545 e. The number of benzene rings is 1. The Kier molecular flexibility index (Phi) is 3.16. The van der Waals surface area contributed by atoms with Gasteiger partial charge in [-0.1, -0.05) is 12.1 Å². The van der Waals surface area contributed by atoms with Gasteiger partial charge in [0.15, 0.2) is 0 Å². The summed E-state index contributed by atoms with van der Waals surface area (Å²) in [7, 11) is 0. The summed E-state index contributed by atoms with van der Waals surface area (Å²) in [6, 6.07) is 6.20. The molecule has 0 bridgehead atoms. The molecule has 0 fully saturated rings. The highest BCUT2D eigenvalue weighted by Gasteiger charge is 1.99. The molecule has 0 spiro atoms. The fraction of sp³-hybridized carbons (Fsp3) is 0.0909. The summed E-state index contributed by atoms with van der Waals surface area (Å²) in [4.78, 5) is 14.7. The number of hydrogen-bond acceptors (Lipinski definition) is 5. The molecule has 16 heavy (non-hydrogen) atoms. The van der Waals surface area contributed by atoms with Crippen LogP contribution >= 0.6 is 11.3 Å². The van der Waals surface area contributed by atoms with Crippen molar-refractivity contribution in [2.45, 2.75) is 6.61 Å². The molecule has 0 aliphatic carbocycles. The van der Waals surface area contributed by atoms with Gasteiger partial charge in [0.2, 0.25) is 0 Å². The molecule has 0 aliphatic heterocycles. The van der Waals surface area contributed by atoms with E-state index in [-0.39, 0.29) is 5.56 Å². The molecule has 0 saturated heterocycles. The predicted molar refractivity (Wildman–Crippen MR) is 57.2 cm³/mol. The topological polar surface area (TPSA) is 62.2 Å². The summed E-state index contributed by atoms with van der Waals surface area (Å²) in [5, 5.41) is 12.5. The van der Waals surface area contributed by atoms with Crippen molar-refractivity contribution in [3.63, 3.8) is 0 Å². The van der Waals surface area contributed by atoms with E-state index in [0.29, 0.717) is 12.4 Å². The molecule has 0 atom stereocenters. The second-order valence-corrected chi connectivity index (χ2v) is 3.80. The Morgan fingerprint density at radius 2 is 2.38 bits per heavy atom. The third kappa shape index (κ3) is 2.58. The summed E-state index contributed by atoms with van der Waals surface area (Å²) < 4.78 is 5.39. The van der Waals surface area contributed by atoms with Gasteiger partial charge in [0, 0.05) is 10.9 Å². The maximum Gasteiger partial charge on any atom is 0.131 e. The van der Waals surface area contributed by atoms with Crippen LogP contribution in [-0.4, -0.2) is 11.0 Å². The van der Waals surface area contributed by atoms with Crippen molar-refractivity contribution in [1.82, 2.24) is 4.98 Å². The summed E-state index contributed by atoms with van der Waals surface area (Å²) in [5.74, 6) is -0.714. The Hall–Kier alpha value is -1.88. The van der Waals surface area contributed by atoms with Gasteiger partial charge in [-0.3, -0.25) is 0 Å². The number of nitrogens with zero attached hydrogens (tertiary/aromatic N) is 1. The Morgan fingerprint density at radius 3 is 3.06 bits per heavy atom. The number of ether oxygens (including phenoxy) is 1. The van der Waals surface area contributed by atoms with Gasteiger partial charge in [-0.15, -0.1) is 11.3 Å². The van der Waals surface area contributed by atoms with Gasteiger partial charge in [0.1, 0.15) is 12.4 Å². The zero-order valence-electron chi connectivity index (χ0n) is 8.25. The molecule has 0 N–H and O–H groups in total. The normalized spacial score (nSPS) is 10.0. The van der Waals surface area contributed by atoms with Crippen LogP contribution < -0.4 is 9.84 Å². The molecule has 1 aromatic heterocycles.